The summed E-state index contributed by atoms with van der Waals surface area (Å²) in [6, 6.07) is 12.0. The average molecular weight is 461 g/mol. The molecular formula is C28H28O6. The summed E-state index contributed by atoms with van der Waals surface area (Å²) in [7, 11) is 0. The highest BCUT2D eigenvalue weighted by Crippen LogP contribution is 2.34. The quantitative estimate of drug-likeness (QED) is 0.206. The molecule has 0 amide bonds. The van der Waals surface area contributed by atoms with Gasteiger partial charge in [0.05, 0.1) is 0 Å². The molecule has 0 atom stereocenters. The first-order chi connectivity index (χ1) is 15.9. The van der Waals surface area contributed by atoms with Gasteiger partial charge in [0.15, 0.2) is 11.5 Å². The molecule has 0 aliphatic rings. The fraction of sp³-hybridized carbons (Fsp3) is 0.179. The summed E-state index contributed by atoms with van der Waals surface area (Å²) in [4.78, 5) is 35.8. The Morgan fingerprint density at radius 3 is 1.47 bits per heavy atom. The summed E-state index contributed by atoms with van der Waals surface area (Å²) in [5, 5.41) is 0. The van der Waals surface area contributed by atoms with Crippen LogP contribution in [0.5, 0.6) is 17.2 Å². The Morgan fingerprint density at radius 2 is 0.971 bits per heavy atom. The summed E-state index contributed by atoms with van der Waals surface area (Å²) in [6.45, 7) is 19.2. The van der Waals surface area contributed by atoms with E-state index in [1.165, 1.54) is 13.8 Å². The minimum Gasteiger partial charge on any atom is -0.423 e. The third kappa shape index (κ3) is 6.65. The molecule has 2 rings (SSSR count). The number of allylic oxidation sites excluding steroid dienone is 2. The van der Waals surface area contributed by atoms with Gasteiger partial charge in [0.25, 0.3) is 0 Å². The molecule has 6 heteroatoms. The first-order valence-electron chi connectivity index (χ1n) is 10.5. The molecule has 0 saturated carbocycles. The smallest absolute Gasteiger partial charge is 0.338 e. The van der Waals surface area contributed by atoms with E-state index in [0.717, 1.165) is 22.3 Å². The van der Waals surface area contributed by atoms with Crippen molar-refractivity contribution in [2.45, 2.75) is 34.6 Å². The third-order valence-electron chi connectivity index (χ3n) is 4.89. The van der Waals surface area contributed by atoms with Crippen LogP contribution < -0.4 is 14.2 Å². The molecule has 0 aromatic heterocycles. The Labute approximate surface area is 199 Å². The van der Waals surface area contributed by atoms with Gasteiger partial charge in [-0.25, -0.2) is 14.4 Å². The lowest BCUT2D eigenvalue weighted by Crippen LogP contribution is -2.13. The largest absolute Gasteiger partial charge is 0.423 e. The Morgan fingerprint density at radius 1 is 0.559 bits per heavy atom. The molecule has 176 valence electrons. The lowest BCUT2D eigenvalue weighted by Gasteiger charge is -2.14. The van der Waals surface area contributed by atoms with Crippen molar-refractivity contribution in [2.75, 3.05) is 0 Å². The van der Waals surface area contributed by atoms with Gasteiger partial charge in [0.1, 0.15) is 5.75 Å². The van der Waals surface area contributed by atoms with Crippen molar-refractivity contribution < 1.29 is 28.6 Å². The van der Waals surface area contributed by atoms with Crippen molar-refractivity contribution in [1.82, 2.24) is 0 Å². The van der Waals surface area contributed by atoms with E-state index < -0.39 is 17.9 Å². The zero-order valence-corrected chi connectivity index (χ0v) is 20.1. The molecule has 0 bridgehead atoms. The van der Waals surface area contributed by atoms with Crippen molar-refractivity contribution in [3.05, 3.63) is 90.0 Å². The van der Waals surface area contributed by atoms with Gasteiger partial charge in [0.2, 0.25) is 0 Å². The van der Waals surface area contributed by atoms with Gasteiger partial charge in [-0.1, -0.05) is 37.9 Å². The summed E-state index contributed by atoms with van der Waals surface area (Å²) in [6.07, 6.45) is 0. The fourth-order valence-electron chi connectivity index (χ4n) is 2.68. The SMILES string of the molecule is C=C(C)C(=O)Oc1ccc(/C(C)=C(\C)c2ccc(OC(=O)C(=C)C)c(OC(=O)C(=C)C)c2)cc1. The van der Waals surface area contributed by atoms with Gasteiger partial charge < -0.3 is 14.2 Å². The van der Waals surface area contributed by atoms with Crippen LogP contribution in [-0.2, 0) is 14.4 Å². The maximum absolute atomic E-state index is 12.1. The highest BCUT2D eigenvalue weighted by Gasteiger charge is 2.17. The Balaban J connectivity index is 2.41. The van der Waals surface area contributed by atoms with E-state index in [-0.39, 0.29) is 22.6 Å². The van der Waals surface area contributed by atoms with Crippen molar-refractivity contribution in [1.29, 1.82) is 0 Å². The summed E-state index contributed by atoms with van der Waals surface area (Å²) in [5.74, 6) is -1.14. The number of benzene rings is 2. The molecule has 2 aromatic carbocycles. The standard InChI is InChI=1S/C28H28O6/c1-16(2)26(29)32-23-12-9-21(10-13-23)19(7)20(8)22-11-14-24(33-27(30)17(3)4)25(15-22)34-28(31)18(5)6/h9-15H,1,3,5H2,2,4,6-8H3/b20-19+. The number of hydrogen-bond donors (Lipinski definition) is 0. The second-order valence-corrected chi connectivity index (χ2v) is 7.95. The molecule has 0 saturated heterocycles. The summed E-state index contributed by atoms with van der Waals surface area (Å²) >= 11 is 0. The van der Waals surface area contributed by atoms with Crippen LogP contribution in [-0.4, -0.2) is 17.9 Å². The van der Waals surface area contributed by atoms with E-state index in [9.17, 15) is 14.4 Å². The molecule has 2 aromatic rings. The van der Waals surface area contributed by atoms with Crippen LogP contribution in [0, 0.1) is 0 Å². The number of hydrogen-bond acceptors (Lipinski definition) is 6. The van der Waals surface area contributed by atoms with Gasteiger partial charge in [-0.05, 0) is 81.2 Å². The van der Waals surface area contributed by atoms with E-state index in [1.54, 1.807) is 37.3 Å². The minimum atomic E-state index is -0.636. The summed E-state index contributed by atoms with van der Waals surface area (Å²) < 4.78 is 16.0. The van der Waals surface area contributed by atoms with E-state index in [1.807, 2.05) is 26.0 Å². The van der Waals surface area contributed by atoms with Crippen molar-refractivity contribution >= 4 is 29.1 Å². The van der Waals surface area contributed by atoms with E-state index in [4.69, 9.17) is 14.2 Å². The fourth-order valence-corrected chi connectivity index (χ4v) is 2.68. The molecule has 0 unspecified atom stereocenters. The van der Waals surface area contributed by atoms with Crippen LogP contribution in [0.1, 0.15) is 45.7 Å². The maximum atomic E-state index is 12.1. The lowest BCUT2D eigenvalue weighted by atomic mass is 9.96. The molecule has 6 nitrogen and oxygen atoms in total. The van der Waals surface area contributed by atoms with Crippen LogP contribution in [0.3, 0.4) is 0 Å². The Hall–Kier alpha value is -4.19. The van der Waals surface area contributed by atoms with E-state index in [0.29, 0.717) is 11.3 Å². The van der Waals surface area contributed by atoms with Gasteiger partial charge in [-0.3, -0.25) is 0 Å². The first kappa shape index (κ1) is 26.1. The minimum absolute atomic E-state index is 0.0919. The molecule has 0 radical (unpaired) electrons. The lowest BCUT2D eigenvalue weighted by molar-refractivity contribution is -0.132. The third-order valence-corrected chi connectivity index (χ3v) is 4.89. The molecule has 0 heterocycles. The maximum Gasteiger partial charge on any atom is 0.338 e. The zero-order valence-electron chi connectivity index (χ0n) is 20.1. The molecule has 0 N–H and O–H groups in total. The van der Waals surface area contributed by atoms with E-state index >= 15 is 0 Å². The molecule has 34 heavy (non-hydrogen) atoms. The molecule has 0 aliphatic heterocycles. The number of ether oxygens (including phenoxy) is 3. The molecule has 0 spiro atoms. The monoisotopic (exact) mass is 460 g/mol. The average Bonchev–Trinajstić information content (AvgIpc) is 2.79. The zero-order chi connectivity index (χ0) is 25.6. The Kier molecular flexibility index (Phi) is 8.51. The second-order valence-electron chi connectivity index (χ2n) is 7.95. The second kappa shape index (κ2) is 11.1. The van der Waals surface area contributed by atoms with Crippen LogP contribution in [0.25, 0.3) is 11.1 Å². The van der Waals surface area contributed by atoms with Crippen LogP contribution in [0.15, 0.2) is 78.9 Å². The van der Waals surface area contributed by atoms with Gasteiger partial charge in [-0.15, -0.1) is 0 Å². The topological polar surface area (TPSA) is 78.9 Å². The van der Waals surface area contributed by atoms with E-state index in [2.05, 4.69) is 19.7 Å². The number of carbonyl (C=O) groups excluding carboxylic acids is 3. The van der Waals surface area contributed by atoms with Gasteiger partial charge >= 0.3 is 17.9 Å². The number of rotatable bonds is 8. The van der Waals surface area contributed by atoms with Crippen molar-refractivity contribution in [3.8, 4) is 17.2 Å². The normalized spacial score (nSPS) is 11.1. The highest BCUT2D eigenvalue weighted by atomic mass is 16.6. The van der Waals surface area contributed by atoms with Crippen molar-refractivity contribution in [3.63, 3.8) is 0 Å². The summed E-state index contributed by atoms with van der Waals surface area (Å²) in [5.41, 5.74) is 4.25. The van der Waals surface area contributed by atoms with Gasteiger partial charge in [0, 0.05) is 16.7 Å². The van der Waals surface area contributed by atoms with Gasteiger partial charge in [-0.2, -0.15) is 0 Å². The first-order valence-corrected chi connectivity index (χ1v) is 10.5. The van der Waals surface area contributed by atoms with Crippen LogP contribution in [0.2, 0.25) is 0 Å². The Bertz CT molecular complexity index is 1210. The predicted molar refractivity (Wildman–Crippen MR) is 132 cm³/mol. The van der Waals surface area contributed by atoms with Crippen LogP contribution >= 0.6 is 0 Å². The molecule has 0 fully saturated rings. The molecular weight excluding hydrogens is 432 g/mol. The predicted octanol–water partition coefficient (Wildman–Crippen LogP) is 6.08. The molecule has 0 aliphatic carbocycles. The highest BCUT2D eigenvalue weighted by molar-refractivity contribution is 5.93. The number of carbonyl (C=O) groups is 3. The number of esters is 3. The van der Waals surface area contributed by atoms with Crippen LogP contribution in [0.4, 0.5) is 0 Å². The van der Waals surface area contributed by atoms with Crippen molar-refractivity contribution in [2.24, 2.45) is 0 Å².